The number of benzene rings is 1. The number of rotatable bonds is 5. The van der Waals surface area contributed by atoms with E-state index in [1.807, 2.05) is 30.3 Å². The third-order valence-corrected chi connectivity index (χ3v) is 4.42. The third kappa shape index (κ3) is 3.77. The monoisotopic (exact) mass is 342 g/mol. The highest BCUT2D eigenvalue weighted by Gasteiger charge is 2.24. The van der Waals surface area contributed by atoms with Gasteiger partial charge in [-0.15, -0.1) is 0 Å². The van der Waals surface area contributed by atoms with E-state index in [2.05, 4.69) is 17.1 Å². The molecule has 1 aliphatic carbocycles. The van der Waals surface area contributed by atoms with Crippen molar-refractivity contribution >= 4 is 17.5 Å². The molecule has 0 spiro atoms. The van der Waals surface area contributed by atoms with Crippen LogP contribution >= 0.6 is 11.6 Å². The SMILES string of the molecule is CN(C(=O)c1ccc(OCc2ccccc2)nc1Cl)C1CC=CC1. The summed E-state index contributed by atoms with van der Waals surface area (Å²) in [6, 6.07) is 13.4. The van der Waals surface area contributed by atoms with Gasteiger partial charge in [-0.3, -0.25) is 4.79 Å². The van der Waals surface area contributed by atoms with Gasteiger partial charge in [0.15, 0.2) is 0 Å². The molecule has 0 saturated heterocycles. The smallest absolute Gasteiger partial charge is 0.256 e. The van der Waals surface area contributed by atoms with E-state index in [4.69, 9.17) is 16.3 Å². The lowest BCUT2D eigenvalue weighted by atomic mass is 10.1. The van der Waals surface area contributed by atoms with Gasteiger partial charge in [0.25, 0.3) is 5.91 Å². The second kappa shape index (κ2) is 7.49. The molecule has 0 bridgehead atoms. The van der Waals surface area contributed by atoms with Crippen LogP contribution in [0.15, 0.2) is 54.6 Å². The van der Waals surface area contributed by atoms with Gasteiger partial charge in [-0.25, -0.2) is 4.98 Å². The number of aromatic nitrogens is 1. The number of amides is 1. The van der Waals surface area contributed by atoms with E-state index >= 15 is 0 Å². The van der Waals surface area contributed by atoms with E-state index in [1.165, 1.54) is 0 Å². The van der Waals surface area contributed by atoms with Crippen LogP contribution in [0.2, 0.25) is 5.15 Å². The maximum absolute atomic E-state index is 12.6. The summed E-state index contributed by atoms with van der Waals surface area (Å²) in [5.74, 6) is 0.293. The van der Waals surface area contributed by atoms with E-state index < -0.39 is 0 Å². The first-order valence-electron chi connectivity index (χ1n) is 7.90. The molecule has 0 radical (unpaired) electrons. The molecule has 1 heterocycles. The van der Waals surface area contributed by atoms with Crippen LogP contribution in [0.25, 0.3) is 0 Å². The van der Waals surface area contributed by atoms with Crippen LogP contribution in [0.4, 0.5) is 0 Å². The lowest BCUT2D eigenvalue weighted by molar-refractivity contribution is 0.0739. The molecule has 1 amide bonds. The molecule has 1 aromatic carbocycles. The summed E-state index contributed by atoms with van der Waals surface area (Å²) < 4.78 is 5.64. The van der Waals surface area contributed by atoms with E-state index in [0.717, 1.165) is 18.4 Å². The highest BCUT2D eigenvalue weighted by atomic mass is 35.5. The van der Waals surface area contributed by atoms with Gasteiger partial charge in [-0.1, -0.05) is 54.1 Å². The summed E-state index contributed by atoms with van der Waals surface area (Å²) >= 11 is 6.20. The third-order valence-electron chi connectivity index (χ3n) is 4.13. The fourth-order valence-electron chi connectivity index (χ4n) is 2.66. The Hall–Kier alpha value is -2.33. The Morgan fingerprint density at radius 2 is 1.92 bits per heavy atom. The van der Waals surface area contributed by atoms with E-state index in [9.17, 15) is 4.79 Å². The summed E-state index contributed by atoms with van der Waals surface area (Å²) in [4.78, 5) is 18.5. The molecule has 24 heavy (non-hydrogen) atoms. The number of ether oxygens (including phenoxy) is 1. The number of carbonyl (C=O) groups is 1. The lowest BCUT2D eigenvalue weighted by Crippen LogP contribution is -2.35. The number of carbonyl (C=O) groups excluding carboxylic acids is 1. The zero-order valence-corrected chi connectivity index (χ0v) is 14.2. The molecule has 5 heteroatoms. The van der Waals surface area contributed by atoms with E-state index in [1.54, 1.807) is 24.1 Å². The molecular formula is C19H19ClN2O2. The Morgan fingerprint density at radius 1 is 1.21 bits per heavy atom. The molecule has 0 N–H and O–H groups in total. The number of pyridine rings is 1. The van der Waals surface area contributed by atoms with Gasteiger partial charge in [0.2, 0.25) is 5.88 Å². The number of halogens is 1. The predicted octanol–water partition coefficient (Wildman–Crippen LogP) is 4.10. The Kier molecular flexibility index (Phi) is 5.16. The first-order valence-corrected chi connectivity index (χ1v) is 8.28. The molecule has 0 atom stereocenters. The van der Waals surface area contributed by atoms with Crippen LogP contribution in [0.3, 0.4) is 0 Å². The molecule has 124 valence electrons. The van der Waals surface area contributed by atoms with Crippen LogP contribution in [0.1, 0.15) is 28.8 Å². The van der Waals surface area contributed by atoms with Crippen molar-refractivity contribution in [3.8, 4) is 5.88 Å². The van der Waals surface area contributed by atoms with Gasteiger partial charge in [0.05, 0.1) is 5.56 Å². The minimum absolute atomic E-state index is 0.115. The standard InChI is InChI=1S/C19H19ClN2O2/c1-22(15-9-5-6-10-15)19(23)16-11-12-17(21-18(16)20)24-13-14-7-3-2-4-8-14/h2-8,11-12,15H,9-10,13H2,1H3. The van der Waals surface area contributed by atoms with Gasteiger partial charge < -0.3 is 9.64 Å². The second-order valence-electron chi connectivity index (χ2n) is 5.77. The van der Waals surface area contributed by atoms with Crippen molar-refractivity contribution in [2.75, 3.05) is 7.05 Å². The van der Waals surface area contributed by atoms with Crippen molar-refractivity contribution in [1.29, 1.82) is 0 Å². The average Bonchev–Trinajstić information content (AvgIpc) is 3.14. The first-order chi connectivity index (χ1) is 11.6. The number of hydrogen-bond acceptors (Lipinski definition) is 3. The number of nitrogens with zero attached hydrogens (tertiary/aromatic N) is 2. The van der Waals surface area contributed by atoms with Gasteiger partial charge in [-0.2, -0.15) is 0 Å². The molecule has 0 fully saturated rings. The molecule has 4 nitrogen and oxygen atoms in total. The Bertz CT molecular complexity index is 738. The summed E-state index contributed by atoms with van der Waals surface area (Å²) in [6.07, 6.45) is 5.95. The Balaban J connectivity index is 1.66. The van der Waals surface area contributed by atoms with E-state index in [-0.39, 0.29) is 17.1 Å². The van der Waals surface area contributed by atoms with Crippen LogP contribution < -0.4 is 4.74 Å². The maximum Gasteiger partial charge on any atom is 0.256 e. The summed E-state index contributed by atoms with van der Waals surface area (Å²) in [5, 5.41) is 0.170. The molecule has 0 saturated carbocycles. The average molecular weight is 343 g/mol. The first kappa shape index (κ1) is 16.5. The minimum atomic E-state index is -0.115. The van der Waals surface area contributed by atoms with Crippen molar-refractivity contribution in [1.82, 2.24) is 9.88 Å². The molecule has 0 unspecified atom stereocenters. The zero-order chi connectivity index (χ0) is 16.9. The summed E-state index contributed by atoms with van der Waals surface area (Å²) in [5.41, 5.74) is 1.45. The second-order valence-corrected chi connectivity index (χ2v) is 6.13. The largest absolute Gasteiger partial charge is 0.473 e. The summed E-state index contributed by atoms with van der Waals surface area (Å²) in [6.45, 7) is 0.408. The van der Waals surface area contributed by atoms with Gasteiger partial charge in [-0.05, 0) is 24.5 Å². The predicted molar refractivity (Wildman–Crippen MR) is 94.3 cm³/mol. The van der Waals surface area contributed by atoms with Crippen LogP contribution in [-0.4, -0.2) is 28.9 Å². The lowest BCUT2D eigenvalue weighted by Gasteiger charge is -2.24. The zero-order valence-electron chi connectivity index (χ0n) is 13.5. The molecule has 2 aromatic rings. The molecular weight excluding hydrogens is 324 g/mol. The Labute approximate surface area is 146 Å². The highest BCUT2D eigenvalue weighted by Crippen LogP contribution is 2.23. The molecule has 0 aliphatic heterocycles. The molecule has 1 aliphatic rings. The highest BCUT2D eigenvalue weighted by molar-refractivity contribution is 6.32. The van der Waals surface area contributed by atoms with Gasteiger partial charge in [0, 0.05) is 19.2 Å². The van der Waals surface area contributed by atoms with E-state index in [0.29, 0.717) is 18.1 Å². The van der Waals surface area contributed by atoms with Crippen molar-refractivity contribution in [3.63, 3.8) is 0 Å². The quantitative estimate of drug-likeness (QED) is 0.606. The van der Waals surface area contributed by atoms with Crippen LogP contribution in [-0.2, 0) is 6.61 Å². The molecule has 3 rings (SSSR count). The van der Waals surface area contributed by atoms with Crippen molar-refractivity contribution in [2.45, 2.75) is 25.5 Å². The topological polar surface area (TPSA) is 42.4 Å². The molecule has 1 aromatic heterocycles. The normalized spacial score (nSPS) is 13.9. The fraction of sp³-hybridized carbons (Fsp3) is 0.263. The van der Waals surface area contributed by atoms with Crippen LogP contribution in [0.5, 0.6) is 5.88 Å². The fourth-order valence-corrected chi connectivity index (χ4v) is 2.89. The van der Waals surface area contributed by atoms with Crippen LogP contribution in [0, 0.1) is 0 Å². The van der Waals surface area contributed by atoms with Gasteiger partial charge >= 0.3 is 0 Å². The minimum Gasteiger partial charge on any atom is -0.473 e. The number of hydrogen-bond donors (Lipinski definition) is 0. The maximum atomic E-state index is 12.6. The van der Waals surface area contributed by atoms with Crippen molar-refractivity contribution in [3.05, 3.63) is 70.9 Å². The van der Waals surface area contributed by atoms with Crippen molar-refractivity contribution in [2.24, 2.45) is 0 Å². The van der Waals surface area contributed by atoms with Crippen molar-refractivity contribution < 1.29 is 9.53 Å². The summed E-state index contributed by atoms with van der Waals surface area (Å²) in [7, 11) is 1.80. The Morgan fingerprint density at radius 3 is 2.58 bits per heavy atom. The van der Waals surface area contributed by atoms with Gasteiger partial charge in [0.1, 0.15) is 11.8 Å².